The van der Waals surface area contributed by atoms with Gasteiger partial charge in [0.05, 0.1) is 10.7 Å². The number of aryl methyl sites for hydroxylation is 2. The second-order valence-corrected chi connectivity index (χ2v) is 6.01. The summed E-state index contributed by atoms with van der Waals surface area (Å²) in [5.74, 6) is 0.878. The van der Waals surface area contributed by atoms with Gasteiger partial charge in [-0.2, -0.15) is 0 Å². The van der Waals surface area contributed by atoms with E-state index in [0.717, 1.165) is 21.1 Å². The van der Waals surface area contributed by atoms with Crippen molar-refractivity contribution in [1.82, 2.24) is 15.2 Å². The van der Waals surface area contributed by atoms with E-state index >= 15 is 0 Å². The largest absolute Gasteiger partial charge is 0.418 e. The van der Waals surface area contributed by atoms with Crippen LogP contribution in [-0.4, -0.2) is 15.2 Å². The number of aromatic nitrogens is 3. The number of benzene rings is 1. The maximum absolute atomic E-state index is 6.37. The second-order valence-electron chi connectivity index (χ2n) is 4.37. The number of halogens is 1. The molecule has 0 saturated heterocycles. The molecule has 0 amide bonds. The summed E-state index contributed by atoms with van der Waals surface area (Å²) in [4.78, 5) is 5.26. The van der Waals surface area contributed by atoms with Crippen molar-refractivity contribution in [2.24, 2.45) is 0 Å². The van der Waals surface area contributed by atoms with Crippen molar-refractivity contribution >= 4 is 22.9 Å². The summed E-state index contributed by atoms with van der Waals surface area (Å²) in [5, 5.41) is 8.66. The fraction of sp³-hybridized carbons (Fsp3) is 0.214. The number of alkyl halides is 1. The zero-order valence-corrected chi connectivity index (χ0v) is 12.6. The SMILES string of the molecule is Cc1nc(C)c(-c2nnc(C(Cl)c3ccccc3)o2)s1. The smallest absolute Gasteiger partial charge is 0.259 e. The number of nitrogens with zero attached hydrogens (tertiary/aromatic N) is 3. The Morgan fingerprint density at radius 1 is 1.15 bits per heavy atom. The summed E-state index contributed by atoms with van der Waals surface area (Å²) in [6, 6.07) is 9.67. The summed E-state index contributed by atoms with van der Waals surface area (Å²) in [6.07, 6.45) is 0. The molecule has 1 unspecified atom stereocenters. The van der Waals surface area contributed by atoms with Crippen LogP contribution in [0.25, 0.3) is 10.8 Å². The van der Waals surface area contributed by atoms with Crippen molar-refractivity contribution in [3.8, 4) is 10.8 Å². The van der Waals surface area contributed by atoms with Crippen LogP contribution in [0.1, 0.15) is 27.5 Å². The van der Waals surface area contributed by atoms with Gasteiger partial charge in [-0.3, -0.25) is 0 Å². The number of rotatable bonds is 3. The molecule has 0 radical (unpaired) electrons. The van der Waals surface area contributed by atoms with Crippen molar-refractivity contribution in [1.29, 1.82) is 0 Å². The molecule has 20 heavy (non-hydrogen) atoms. The Morgan fingerprint density at radius 2 is 1.90 bits per heavy atom. The molecule has 1 aromatic carbocycles. The zero-order chi connectivity index (χ0) is 14.1. The Morgan fingerprint density at radius 3 is 2.55 bits per heavy atom. The Bertz CT molecular complexity index is 723. The Kier molecular flexibility index (Phi) is 3.54. The highest BCUT2D eigenvalue weighted by Gasteiger charge is 2.20. The van der Waals surface area contributed by atoms with Crippen LogP contribution < -0.4 is 0 Å². The predicted molar refractivity (Wildman–Crippen MR) is 79.0 cm³/mol. The normalized spacial score (nSPS) is 12.6. The predicted octanol–water partition coefficient (Wildman–Crippen LogP) is 4.14. The molecule has 0 fully saturated rings. The fourth-order valence-electron chi connectivity index (χ4n) is 1.92. The Labute approximate surface area is 125 Å². The van der Waals surface area contributed by atoms with Gasteiger partial charge in [0.25, 0.3) is 5.89 Å². The van der Waals surface area contributed by atoms with Crippen LogP contribution in [0.2, 0.25) is 0 Å². The lowest BCUT2D eigenvalue weighted by molar-refractivity contribution is 0.514. The van der Waals surface area contributed by atoms with Crippen LogP contribution in [-0.2, 0) is 0 Å². The van der Waals surface area contributed by atoms with Crippen molar-refractivity contribution in [3.63, 3.8) is 0 Å². The van der Waals surface area contributed by atoms with Gasteiger partial charge in [-0.25, -0.2) is 4.98 Å². The van der Waals surface area contributed by atoms with Gasteiger partial charge in [0.15, 0.2) is 0 Å². The lowest BCUT2D eigenvalue weighted by Gasteiger charge is -2.03. The lowest BCUT2D eigenvalue weighted by atomic mass is 10.1. The van der Waals surface area contributed by atoms with E-state index in [1.54, 1.807) is 0 Å². The number of hydrogen-bond donors (Lipinski definition) is 0. The third kappa shape index (κ3) is 2.46. The van der Waals surface area contributed by atoms with E-state index in [-0.39, 0.29) is 0 Å². The first-order valence-electron chi connectivity index (χ1n) is 6.12. The topological polar surface area (TPSA) is 51.8 Å². The van der Waals surface area contributed by atoms with Crippen LogP contribution in [0.15, 0.2) is 34.7 Å². The first-order valence-corrected chi connectivity index (χ1v) is 7.37. The van der Waals surface area contributed by atoms with Gasteiger partial charge in [-0.15, -0.1) is 33.1 Å². The van der Waals surface area contributed by atoms with Crippen LogP contribution in [0, 0.1) is 13.8 Å². The number of thiazole rings is 1. The van der Waals surface area contributed by atoms with E-state index in [0.29, 0.717) is 11.8 Å². The molecule has 0 aliphatic rings. The molecule has 1 atom stereocenters. The highest BCUT2D eigenvalue weighted by molar-refractivity contribution is 7.15. The first-order chi connectivity index (χ1) is 9.65. The molecule has 2 aromatic heterocycles. The van der Waals surface area contributed by atoms with Gasteiger partial charge in [0.2, 0.25) is 5.89 Å². The minimum absolute atomic E-state index is 0.401. The van der Waals surface area contributed by atoms with Gasteiger partial charge in [0.1, 0.15) is 10.3 Å². The minimum Gasteiger partial charge on any atom is -0.418 e. The molecule has 4 nitrogen and oxygen atoms in total. The molecule has 0 aliphatic carbocycles. The first kappa shape index (κ1) is 13.3. The molecule has 0 aliphatic heterocycles. The van der Waals surface area contributed by atoms with E-state index in [4.69, 9.17) is 16.0 Å². The molecule has 0 bridgehead atoms. The molecular weight excluding hydrogens is 294 g/mol. The quantitative estimate of drug-likeness (QED) is 0.682. The summed E-state index contributed by atoms with van der Waals surface area (Å²) in [6.45, 7) is 3.88. The van der Waals surface area contributed by atoms with Crippen molar-refractivity contribution in [2.45, 2.75) is 19.2 Å². The molecule has 0 saturated carbocycles. The molecule has 0 N–H and O–H groups in total. The zero-order valence-electron chi connectivity index (χ0n) is 11.0. The number of hydrogen-bond acceptors (Lipinski definition) is 5. The minimum atomic E-state index is -0.438. The second kappa shape index (κ2) is 5.34. The van der Waals surface area contributed by atoms with Crippen molar-refractivity contribution in [2.75, 3.05) is 0 Å². The molecule has 3 rings (SSSR count). The summed E-state index contributed by atoms with van der Waals surface area (Å²) < 4.78 is 5.70. The molecule has 6 heteroatoms. The summed E-state index contributed by atoms with van der Waals surface area (Å²) in [7, 11) is 0. The van der Waals surface area contributed by atoms with Gasteiger partial charge >= 0.3 is 0 Å². The standard InChI is InChI=1S/C14H12ClN3OS/c1-8-12(20-9(2)16-8)14-18-17-13(19-14)11(15)10-6-4-3-5-7-10/h3-7,11H,1-2H3. The third-order valence-electron chi connectivity index (χ3n) is 2.85. The van der Waals surface area contributed by atoms with Crippen molar-refractivity contribution < 1.29 is 4.42 Å². The van der Waals surface area contributed by atoms with E-state index < -0.39 is 5.38 Å². The average Bonchev–Trinajstić information content (AvgIpc) is 3.05. The van der Waals surface area contributed by atoms with Gasteiger partial charge in [-0.05, 0) is 19.4 Å². The Balaban J connectivity index is 1.93. The van der Waals surface area contributed by atoms with Gasteiger partial charge < -0.3 is 4.42 Å². The van der Waals surface area contributed by atoms with E-state index in [1.807, 2.05) is 44.2 Å². The Hall–Kier alpha value is -1.72. The van der Waals surface area contributed by atoms with Crippen LogP contribution in [0.5, 0.6) is 0 Å². The summed E-state index contributed by atoms with van der Waals surface area (Å²) >= 11 is 7.91. The monoisotopic (exact) mass is 305 g/mol. The highest BCUT2D eigenvalue weighted by Crippen LogP contribution is 2.32. The molecule has 3 aromatic rings. The van der Waals surface area contributed by atoms with Gasteiger partial charge in [0, 0.05) is 0 Å². The third-order valence-corrected chi connectivity index (χ3v) is 4.35. The van der Waals surface area contributed by atoms with E-state index in [1.165, 1.54) is 11.3 Å². The lowest BCUT2D eigenvalue weighted by Crippen LogP contribution is -1.92. The molecule has 0 spiro atoms. The van der Waals surface area contributed by atoms with E-state index in [2.05, 4.69) is 15.2 Å². The van der Waals surface area contributed by atoms with Crippen LogP contribution in [0.4, 0.5) is 0 Å². The van der Waals surface area contributed by atoms with Crippen LogP contribution in [0.3, 0.4) is 0 Å². The molecule has 102 valence electrons. The summed E-state index contributed by atoms with van der Waals surface area (Å²) in [5.41, 5.74) is 1.83. The maximum Gasteiger partial charge on any atom is 0.259 e. The van der Waals surface area contributed by atoms with Crippen molar-refractivity contribution in [3.05, 3.63) is 52.5 Å². The molecule has 2 heterocycles. The maximum atomic E-state index is 6.37. The van der Waals surface area contributed by atoms with Crippen LogP contribution >= 0.6 is 22.9 Å². The fourth-order valence-corrected chi connectivity index (χ4v) is 3.00. The van der Waals surface area contributed by atoms with Gasteiger partial charge in [-0.1, -0.05) is 30.3 Å². The highest BCUT2D eigenvalue weighted by atomic mass is 35.5. The molecular formula is C14H12ClN3OS. The average molecular weight is 306 g/mol. The van der Waals surface area contributed by atoms with E-state index in [9.17, 15) is 0 Å².